The summed E-state index contributed by atoms with van der Waals surface area (Å²) in [5, 5.41) is 37.7. The van der Waals surface area contributed by atoms with Gasteiger partial charge >= 0.3 is 0 Å². The molecule has 2 heterocycles. The van der Waals surface area contributed by atoms with Gasteiger partial charge < -0.3 is 39.0 Å². The minimum Gasteiger partial charge on any atom is -0.388 e. The second-order valence-electron chi connectivity index (χ2n) is 6.46. The maximum atomic E-state index is 10.1. The molecule has 0 unspecified atom stereocenters. The molecule has 0 aliphatic carbocycles. The van der Waals surface area contributed by atoms with Crippen molar-refractivity contribution in [2.24, 2.45) is 0 Å². The average Bonchev–Trinajstić information content (AvgIpc) is 3.14. The standard InChI is InChI=1S/C17H31N3O8/c1-3-4-25-5-6-26-7-8-27-11-12-9-20(19-18-12)10-13-14(21)15(22)16(23)17(24-2)28-13/h9,13-17,21-23H,3-8,10-11H2,1-2H3/t13-,14-,15+,16-,17+/m1/s1. The van der Waals surface area contributed by atoms with E-state index in [9.17, 15) is 15.3 Å². The SMILES string of the molecule is CCCOCCOCCOCc1cn(C[C@H]2O[C@H](OC)[C@H](O)[C@@H](O)[C@@H]2O)nn1. The van der Waals surface area contributed by atoms with Gasteiger partial charge in [0, 0.05) is 13.7 Å². The molecule has 1 aliphatic heterocycles. The van der Waals surface area contributed by atoms with Gasteiger partial charge in [-0.3, -0.25) is 0 Å². The lowest BCUT2D eigenvalue weighted by Crippen LogP contribution is -2.58. The maximum Gasteiger partial charge on any atom is 0.186 e. The summed E-state index contributed by atoms with van der Waals surface area (Å²) in [6, 6.07) is 0. The molecule has 0 spiro atoms. The molecule has 3 N–H and O–H groups in total. The lowest BCUT2D eigenvalue weighted by molar-refractivity contribution is -0.292. The number of rotatable bonds is 13. The van der Waals surface area contributed by atoms with Crippen LogP contribution in [0, 0.1) is 0 Å². The second kappa shape index (κ2) is 12.4. The van der Waals surface area contributed by atoms with Crippen LogP contribution in [-0.4, -0.2) is 101 Å². The van der Waals surface area contributed by atoms with E-state index in [1.807, 2.05) is 0 Å². The highest BCUT2D eigenvalue weighted by molar-refractivity contribution is 4.93. The van der Waals surface area contributed by atoms with E-state index in [2.05, 4.69) is 17.2 Å². The van der Waals surface area contributed by atoms with Crippen molar-refractivity contribution in [3.63, 3.8) is 0 Å². The number of nitrogens with zero attached hydrogens (tertiary/aromatic N) is 3. The predicted molar refractivity (Wildman–Crippen MR) is 95.3 cm³/mol. The number of aliphatic hydroxyl groups excluding tert-OH is 3. The first-order valence-corrected chi connectivity index (χ1v) is 9.41. The number of hydrogen-bond donors (Lipinski definition) is 3. The lowest BCUT2D eigenvalue weighted by atomic mass is 9.99. The molecule has 1 fully saturated rings. The Kier molecular flexibility index (Phi) is 10.2. The second-order valence-corrected chi connectivity index (χ2v) is 6.46. The van der Waals surface area contributed by atoms with Crippen LogP contribution in [0.5, 0.6) is 0 Å². The Morgan fingerprint density at radius 1 is 1.00 bits per heavy atom. The molecule has 2 rings (SSSR count). The Labute approximate surface area is 164 Å². The van der Waals surface area contributed by atoms with Crippen LogP contribution in [0.4, 0.5) is 0 Å². The first-order chi connectivity index (χ1) is 13.6. The molecule has 1 aromatic rings. The zero-order valence-corrected chi connectivity index (χ0v) is 16.3. The summed E-state index contributed by atoms with van der Waals surface area (Å²) >= 11 is 0. The quantitative estimate of drug-likeness (QED) is 0.339. The van der Waals surface area contributed by atoms with Crippen LogP contribution in [0.1, 0.15) is 19.0 Å². The van der Waals surface area contributed by atoms with Crippen molar-refractivity contribution in [2.75, 3.05) is 40.1 Å². The van der Waals surface area contributed by atoms with E-state index in [1.54, 1.807) is 6.20 Å². The van der Waals surface area contributed by atoms with Crippen LogP contribution in [-0.2, 0) is 36.8 Å². The van der Waals surface area contributed by atoms with Crippen molar-refractivity contribution in [2.45, 2.75) is 57.2 Å². The Bertz CT molecular complexity index is 544. The normalized spacial score (nSPS) is 28.0. The van der Waals surface area contributed by atoms with Crippen molar-refractivity contribution < 1.29 is 39.0 Å². The van der Waals surface area contributed by atoms with Crippen LogP contribution in [0.15, 0.2) is 6.20 Å². The lowest BCUT2D eigenvalue weighted by Gasteiger charge is -2.39. The summed E-state index contributed by atoms with van der Waals surface area (Å²) in [4.78, 5) is 0. The minimum atomic E-state index is -1.37. The Morgan fingerprint density at radius 2 is 1.68 bits per heavy atom. The van der Waals surface area contributed by atoms with Crippen molar-refractivity contribution in [1.29, 1.82) is 0 Å². The van der Waals surface area contributed by atoms with Crippen LogP contribution in [0.25, 0.3) is 0 Å². The van der Waals surface area contributed by atoms with Gasteiger partial charge in [-0.05, 0) is 6.42 Å². The van der Waals surface area contributed by atoms with Crippen molar-refractivity contribution in [3.8, 4) is 0 Å². The van der Waals surface area contributed by atoms with Crippen LogP contribution >= 0.6 is 0 Å². The molecule has 28 heavy (non-hydrogen) atoms. The minimum absolute atomic E-state index is 0.138. The van der Waals surface area contributed by atoms with Gasteiger partial charge in [0.15, 0.2) is 6.29 Å². The van der Waals surface area contributed by atoms with E-state index >= 15 is 0 Å². The summed E-state index contributed by atoms with van der Waals surface area (Å²) in [5.41, 5.74) is 0.612. The number of hydrogen-bond acceptors (Lipinski definition) is 10. The molecule has 11 nitrogen and oxygen atoms in total. The van der Waals surface area contributed by atoms with Crippen LogP contribution in [0.3, 0.4) is 0 Å². The molecule has 1 aromatic heterocycles. The highest BCUT2D eigenvalue weighted by Gasteiger charge is 2.44. The van der Waals surface area contributed by atoms with Gasteiger partial charge in [0.05, 0.1) is 45.8 Å². The number of aliphatic hydroxyl groups is 3. The van der Waals surface area contributed by atoms with Gasteiger partial charge in [-0.15, -0.1) is 5.10 Å². The Hall–Kier alpha value is -1.18. The van der Waals surface area contributed by atoms with Gasteiger partial charge in [0.1, 0.15) is 30.1 Å². The number of ether oxygens (including phenoxy) is 5. The van der Waals surface area contributed by atoms with E-state index in [1.165, 1.54) is 11.8 Å². The molecule has 5 atom stereocenters. The van der Waals surface area contributed by atoms with Gasteiger partial charge in [-0.2, -0.15) is 0 Å². The van der Waals surface area contributed by atoms with E-state index in [-0.39, 0.29) is 13.2 Å². The van der Waals surface area contributed by atoms with Gasteiger partial charge in [0.25, 0.3) is 0 Å². The fourth-order valence-electron chi connectivity index (χ4n) is 2.70. The highest BCUT2D eigenvalue weighted by atomic mass is 16.7. The number of methoxy groups -OCH3 is 1. The third-order valence-corrected chi connectivity index (χ3v) is 4.20. The summed E-state index contributed by atoms with van der Waals surface area (Å²) in [7, 11) is 1.35. The molecule has 162 valence electrons. The zero-order valence-electron chi connectivity index (χ0n) is 16.3. The largest absolute Gasteiger partial charge is 0.388 e. The third kappa shape index (κ3) is 7.01. The predicted octanol–water partition coefficient (Wildman–Crippen LogP) is -1.31. The average molecular weight is 405 g/mol. The molecule has 0 saturated carbocycles. The molecule has 0 radical (unpaired) electrons. The number of aromatic nitrogens is 3. The fourth-order valence-corrected chi connectivity index (χ4v) is 2.70. The van der Waals surface area contributed by atoms with Crippen molar-refractivity contribution >= 4 is 0 Å². The van der Waals surface area contributed by atoms with Crippen molar-refractivity contribution in [1.82, 2.24) is 15.0 Å². The summed E-state index contributed by atoms with van der Waals surface area (Å²) in [6.07, 6.45) is -3.15. The molecule has 11 heteroatoms. The van der Waals surface area contributed by atoms with E-state index in [0.717, 1.165) is 13.0 Å². The summed E-state index contributed by atoms with van der Waals surface area (Å²) < 4.78 is 28.1. The van der Waals surface area contributed by atoms with E-state index < -0.39 is 30.7 Å². The smallest absolute Gasteiger partial charge is 0.186 e. The van der Waals surface area contributed by atoms with Gasteiger partial charge in [-0.1, -0.05) is 12.1 Å². The molecule has 0 amide bonds. The molecule has 0 bridgehead atoms. The molecular weight excluding hydrogens is 374 g/mol. The Morgan fingerprint density at radius 3 is 2.36 bits per heavy atom. The molecule has 1 aliphatic rings. The van der Waals surface area contributed by atoms with Gasteiger partial charge in [-0.25, -0.2) is 4.68 Å². The van der Waals surface area contributed by atoms with Crippen molar-refractivity contribution in [3.05, 3.63) is 11.9 Å². The van der Waals surface area contributed by atoms with E-state index in [0.29, 0.717) is 32.1 Å². The fraction of sp³-hybridized carbons (Fsp3) is 0.882. The maximum absolute atomic E-state index is 10.1. The first kappa shape index (κ1) is 23.1. The first-order valence-electron chi connectivity index (χ1n) is 9.41. The molecule has 1 saturated heterocycles. The van der Waals surface area contributed by atoms with E-state index in [4.69, 9.17) is 23.7 Å². The van der Waals surface area contributed by atoms with Gasteiger partial charge in [0.2, 0.25) is 0 Å². The molecular formula is C17H31N3O8. The van der Waals surface area contributed by atoms with Crippen LogP contribution < -0.4 is 0 Å². The summed E-state index contributed by atoms with van der Waals surface area (Å²) in [5.74, 6) is 0. The molecule has 0 aromatic carbocycles. The zero-order chi connectivity index (χ0) is 20.4. The van der Waals surface area contributed by atoms with Crippen LogP contribution in [0.2, 0.25) is 0 Å². The summed E-state index contributed by atoms with van der Waals surface area (Å²) in [6.45, 7) is 5.20. The highest BCUT2D eigenvalue weighted by Crippen LogP contribution is 2.22. The monoisotopic (exact) mass is 405 g/mol. The Balaban J connectivity index is 1.66. The topological polar surface area (TPSA) is 138 Å². The third-order valence-electron chi connectivity index (χ3n) is 4.20.